The molecule has 8 heteroatoms. The molecule has 1 rings (SSSR count). The number of nitrogens with one attached hydrogen (secondary N) is 1. The molecule has 0 bridgehead atoms. The molecular formula is C14H26ClN3O4. The number of halogens is 1. The lowest BCUT2D eigenvalue weighted by molar-refractivity contribution is -0.145. The van der Waals surface area contributed by atoms with E-state index in [4.69, 9.17) is 4.84 Å². The first-order chi connectivity index (χ1) is 9.82. The lowest BCUT2D eigenvalue weighted by Gasteiger charge is -2.22. The number of imide groups is 1. The summed E-state index contributed by atoms with van der Waals surface area (Å²) in [4.78, 5) is 42.7. The number of hydrogen-bond donors (Lipinski definition) is 1. The van der Waals surface area contributed by atoms with Crippen molar-refractivity contribution in [2.24, 2.45) is 0 Å². The van der Waals surface area contributed by atoms with Crippen LogP contribution in [0.25, 0.3) is 0 Å². The van der Waals surface area contributed by atoms with Crippen molar-refractivity contribution in [2.75, 3.05) is 13.8 Å². The molecule has 0 atom stereocenters. The van der Waals surface area contributed by atoms with Gasteiger partial charge in [0.25, 0.3) is 5.91 Å². The Balaban J connectivity index is 0.00000441. The van der Waals surface area contributed by atoms with Crippen LogP contribution in [0.2, 0.25) is 0 Å². The quantitative estimate of drug-likeness (QED) is 0.418. The minimum Gasteiger partial charge on any atom is -0.313 e. The van der Waals surface area contributed by atoms with Crippen molar-refractivity contribution in [2.45, 2.75) is 58.4 Å². The third kappa shape index (κ3) is 4.84. The molecule has 0 aromatic carbocycles. The average molecular weight is 336 g/mol. The van der Waals surface area contributed by atoms with Gasteiger partial charge in [-0.3, -0.25) is 14.4 Å². The molecule has 1 saturated heterocycles. The van der Waals surface area contributed by atoms with Gasteiger partial charge >= 0.3 is 6.03 Å². The molecule has 7 nitrogen and oxygen atoms in total. The van der Waals surface area contributed by atoms with Gasteiger partial charge in [-0.15, -0.1) is 12.4 Å². The molecule has 1 heterocycles. The molecule has 4 amide bonds. The number of carbonyl (C=O) groups excluding carboxylic acids is 3. The molecule has 0 aromatic heterocycles. The highest BCUT2D eigenvalue weighted by Gasteiger charge is 2.49. The number of carbonyl (C=O) groups is 3. The van der Waals surface area contributed by atoms with Crippen molar-refractivity contribution < 1.29 is 19.2 Å². The van der Waals surface area contributed by atoms with E-state index in [1.54, 1.807) is 20.9 Å². The monoisotopic (exact) mass is 335 g/mol. The zero-order chi connectivity index (χ0) is 16.0. The Morgan fingerprint density at radius 1 is 1.23 bits per heavy atom. The molecule has 0 saturated carbocycles. The summed E-state index contributed by atoms with van der Waals surface area (Å²) in [6.07, 6.45) is 4.41. The number of likely N-dealkylation sites (N-methyl/N-ethyl adjacent to an activating group) is 1. The first-order valence-corrected chi connectivity index (χ1v) is 7.32. The van der Waals surface area contributed by atoms with Gasteiger partial charge in [-0.1, -0.05) is 26.2 Å². The second-order valence-corrected chi connectivity index (χ2v) is 5.74. The minimum absolute atomic E-state index is 0. The van der Waals surface area contributed by atoms with Crippen molar-refractivity contribution in [3.63, 3.8) is 0 Å². The molecular weight excluding hydrogens is 310 g/mol. The van der Waals surface area contributed by atoms with Crippen molar-refractivity contribution in [1.29, 1.82) is 0 Å². The first kappa shape index (κ1) is 20.7. The van der Waals surface area contributed by atoms with Crippen LogP contribution < -0.4 is 5.48 Å². The maximum Gasteiger partial charge on any atom is 0.329 e. The Morgan fingerprint density at radius 2 is 1.86 bits per heavy atom. The average Bonchev–Trinajstić information content (AvgIpc) is 2.58. The molecule has 0 unspecified atom stereocenters. The number of hydroxylamine groups is 1. The number of unbranched alkanes of at least 4 members (excludes halogenated alkanes) is 3. The van der Waals surface area contributed by atoms with E-state index in [9.17, 15) is 14.4 Å². The summed E-state index contributed by atoms with van der Waals surface area (Å²) in [7, 11) is 1.56. The van der Waals surface area contributed by atoms with E-state index in [0.29, 0.717) is 6.42 Å². The first-order valence-electron chi connectivity index (χ1n) is 7.32. The summed E-state index contributed by atoms with van der Waals surface area (Å²) < 4.78 is 0. The van der Waals surface area contributed by atoms with Crippen LogP contribution in [-0.2, 0) is 14.4 Å². The van der Waals surface area contributed by atoms with Crippen molar-refractivity contribution in [3.05, 3.63) is 0 Å². The summed E-state index contributed by atoms with van der Waals surface area (Å²) >= 11 is 0. The highest BCUT2D eigenvalue weighted by atomic mass is 35.5. The number of amides is 4. The van der Waals surface area contributed by atoms with Crippen LogP contribution in [0.5, 0.6) is 0 Å². The Labute approximate surface area is 137 Å². The van der Waals surface area contributed by atoms with E-state index >= 15 is 0 Å². The minimum atomic E-state index is -0.884. The van der Waals surface area contributed by atoms with Crippen LogP contribution in [-0.4, -0.2) is 47.0 Å². The zero-order valence-corrected chi connectivity index (χ0v) is 14.5. The van der Waals surface area contributed by atoms with Gasteiger partial charge in [0.1, 0.15) is 5.54 Å². The molecule has 1 fully saturated rings. The van der Waals surface area contributed by atoms with Gasteiger partial charge in [-0.2, -0.15) is 0 Å². The van der Waals surface area contributed by atoms with Crippen LogP contribution in [0.3, 0.4) is 0 Å². The van der Waals surface area contributed by atoms with Crippen LogP contribution in [0, 0.1) is 0 Å². The predicted molar refractivity (Wildman–Crippen MR) is 84.2 cm³/mol. The lowest BCUT2D eigenvalue weighted by Crippen LogP contribution is -2.42. The molecule has 22 heavy (non-hydrogen) atoms. The van der Waals surface area contributed by atoms with Crippen molar-refractivity contribution >= 4 is 30.3 Å². The lowest BCUT2D eigenvalue weighted by atomic mass is 10.1. The molecule has 0 spiro atoms. The van der Waals surface area contributed by atoms with Crippen LogP contribution in [0.1, 0.15) is 52.9 Å². The van der Waals surface area contributed by atoms with Crippen LogP contribution in [0.4, 0.5) is 4.79 Å². The van der Waals surface area contributed by atoms with E-state index < -0.39 is 11.6 Å². The molecule has 128 valence electrons. The normalized spacial score (nSPS) is 16.7. The summed E-state index contributed by atoms with van der Waals surface area (Å²) in [5, 5.41) is 0. The predicted octanol–water partition coefficient (Wildman–Crippen LogP) is 2.06. The second kappa shape index (κ2) is 8.95. The van der Waals surface area contributed by atoms with Gasteiger partial charge < -0.3 is 4.90 Å². The fourth-order valence-corrected chi connectivity index (χ4v) is 2.04. The summed E-state index contributed by atoms with van der Waals surface area (Å²) in [6, 6.07) is -0.429. The fraction of sp³-hybridized carbons (Fsp3) is 0.786. The third-order valence-electron chi connectivity index (χ3n) is 3.76. The molecule has 0 aromatic rings. The second-order valence-electron chi connectivity index (χ2n) is 5.74. The largest absolute Gasteiger partial charge is 0.329 e. The van der Waals surface area contributed by atoms with Gasteiger partial charge in [0.2, 0.25) is 5.91 Å². The van der Waals surface area contributed by atoms with Gasteiger partial charge in [-0.05, 0) is 20.3 Å². The smallest absolute Gasteiger partial charge is 0.313 e. The van der Waals surface area contributed by atoms with Crippen molar-refractivity contribution in [1.82, 2.24) is 15.3 Å². The number of urea groups is 1. The van der Waals surface area contributed by atoms with E-state index in [-0.39, 0.29) is 31.0 Å². The Morgan fingerprint density at radius 3 is 2.36 bits per heavy atom. The Bertz CT molecular complexity index is 415. The Kier molecular flexibility index (Phi) is 8.40. The highest BCUT2D eigenvalue weighted by Crippen LogP contribution is 2.25. The maximum absolute atomic E-state index is 12.0. The number of nitrogens with zero attached hydrogens (tertiary/aromatic N) is 2. The zero-order valence-electron chi connectivity index (χ0n) is 13.7. The summed E-state index contributed by atoms with van der Waals surface area (Å²) in [6.45, 7) is 5.16. The standard InChI is InChI=1S/C14H25N3O4.ClH/c1-5-6-7-8-9-11(18)15-21-10-17-12(19)14(2,3)16(4)13(17)20;/h5-10H2,1-4H3,(H,15,18);1H. The molecule has 1 N–H and O–H groups in total. The van der Waals surface area contributed by atoms with Crippen LogP contribution in [0.15, 0.2) is 0 Å². The Hall–Kier alpha value is -1.34. The van der Waals surface area contributed by atoms with Gasteiger partial charge in [0.15, 0.2) is 6.73 Å². The van der Waals surface area contributed by atoms with Crippen LogP contribution >= 0.6 is 12.4 Å². The highest BCUT2D eigenvalue weighted by molar-refractivity contribution is 6.06. The van der Waals surface area contributed by atoms with Gasteiger partial charge in [0, 0.05) is 13.5 Å². The maximum atomic E-state index is 12.0. The summed E-state index contributed by atoms with van der Waals surface area (Å²) in [5.74, 6) is -0.579. The topological polar surface area (TPSA) is 79.0 Å². The van der Waals surface area contributed by atoms with E-state index in [1.807, 2.05) is 0 Å². The van der Waals surface area contributed by atoms with Gasteiger partial charge in [-0.25, -0.2) is 15.2 Å². The van der Waals surface area contributed by atoms with E-state index in [2.05, 4.69) is 12.4 Å². The molecule has 1 aliphatic rings. The van der Waals surface area contributed by atoms with Crippen molar-refractivity contribution in [3.8, 4) is 0 Å². The van der Waals surface area contributed by atoms with E-state index in [0.717, 1.165) is 30.6 Å². The third-order valence-corrected chi connectivity index (χ3v) is 3.76. The molecule has 1 aliphatic heterocycles. The number of rotatable bonds is 8. The number of hydrogen-bond acceptors (Lipinski definition) is 4. The van der Waals surface area contributed by atoms with Gasteiger partial charge in [0.05, 0.1) is 0 Å². The molecule has 0 aliphatic carbocycles. The molecule has 0 radical (unpaired) electrons. The van der Waals surface area contributed by atoms with E-state index in [1.165, 1.54) is 4.90 Å². The SMILES string of the molecule is CCCCCCC(=O)NOCN1C(=O)N(C)C(C)(C)C1=O.Cl. The fourth-order valence-electron chi connectivity index (χ4n) is 2.04. The summed E-state index contributed by atoms with van der Waals surface area (Å²) in [5.41, 5.74) is 1.38.